The maximum Gasteiger partial charge on any atom is 0.273 e. The Kier molecular flexibility index (Phi) is 5.75. The predicted octanol–water partition coefficient (Wildman–Crippen LogP) is 1.85. The molecule has 3 N–H and O–H groups in total. The van der Waals surface area contributed by atoms with Crippen LogP contribution < -0.4 is 16.2 Å². The molecule has 24 heavy (non-hydrogen) atoms. The second-order valence-electron chi connectivity index (χ2n) is 5.02. The molecule has 1 heterocycles. The van der Waals surface area contributed by atoms with Crippen LogP contribution in [0, 0.1) is 13.8 Å². The van der Waals surface area contributed by atoms with Crippen LogP contribution in [0.25, 0.3) is 0 Å². The summed E-state index contributed by atoms with van der Waals surface area (Å²) in [5, 5.41) is 2.46. The normalized spacial score (nSPS) is 10.1. The molecular formula is C16H16BrN3O4. The molecular weight excluding hydrogens is 378 g/mol. The van der Waals surface area contributed by atoms with Gasteiger partial charge in [0.1, 0.15) is 11.5 Å². The maximum absolute atomic E-state index is 11.9. The number of nitrogens with one attached hydrogen (secondary N) is 3. The zero-order valence-corrected chi connectivity index (χ0v) is 14.7. The highest BCUT2D eigenvalue weighted by molar-refractivity contribution is 9.10. The second kappa shape index (κ2) is 7.78. The predicted molar refractivity (Wildman–Crippen MR) is 90.3 cm³/mol. The van der Waals surface area contributed by atoms with Gasteiger partial charge in [-0.2, -0.15) is 0 Å². The Morgan fingerprint density at radius 1 is 1.08 bits per heavy atom. The number of carbonyl (C=O) groups is 3. The highest BCUT2D eigenvalue weighted by Crippen LogP contribution is 2.13. The van der Waals surface area contributed by atoms with Crippen molar-refractivity contribution in [1.29, 1.82) is 0 Å². The van der Waals surface area contributed by atoms with Gasteiger partial charge in [0, 0.05) is 10.0 Å². The van der Waals surface area contributed by atoms with Crippen LogP contribution in [-0.2, 0) is 4.79 Å². The summed E-state index contributed by atoms with van der Waals surface area (Å²) in [6.45, 7) is 3.11. The van der Waals surface area contributed by atoms with Gasteiger partial charge in [0.15, 0.2) is 0 Å². The van der Waals surface area contributed by atoms with Gasteiger partial charge in [-0.1, -0.05) is 22.0 Å². The van der Waals surface area contributed by atoms with E-state index in [1.165, 1.54) is 0 Å². The number of furan rings is 1. The first kappa shape index (κ1) is 17.7. The summed E-state index contributed by atoms with van der Waals surface area (Å²) < 4.78 is 6.01. The van der Waals surface area contributed by atoms with Gasteiger partial charge in [-0.15, -0.1) is 0 Å². The van der Waals surface area contributed by atoms with Crippen LogP contribution in [0.5, 0.6) is 0 Å². The average Bonchev–Trinajstić information content (AvgIpc) is 2.88. The zero-order chi connectivity index (χ0) is 17.7. The van der Waals surface area contributed by atoms with Crippen LogP contribution in [0.2, 0.25) is 0 Å². The number of hydrogen-bond acceptors (Lipinski definition) is 4. The molecule has 3 amide bonds. The number of aryl methyl sites for hydroxylation is 2. The van der Waals surface area contributed by atoms with Gasteiger partial charge in [-0.3, -0.25) is 25.2 Å². The van der Waals surface area contributed by atoms with Gasteiger partial charge < -0.3 is 9.73 Å². The molecule has 0 bridgehead atoms. The van der Waals surface area contributed by atoms with Crippen molar-refractivity contribution < 1.29 is 18.8 Å². The van der Waals surface area contributed by atoms with Gasteiger partial charge in [0.2, 0.25) is 0 Å². The first-order valence-corrected chi connectivity index (χ1v) is 7.86. The highest BCUT2D eigenvalue weighted by Gasteiger charge is 2.14. The lowest BCUT2D eigenvalue weighted by molar-refractivity contribution is -0.120. The van der Waals surface area contributed by atoms with Crippen molar-refractivity contribution in [3.05, 3.63) is 57.5 Å². The third-order valence-corrected chi connectivity index (χ3v) is 3.59. The Bertz CT molecular complexity index is 785. The summed E-state index contributed by atoms with van der Waals surface area (Å²) in [4.78, 5) is 35.5. The lowest BCUT2D eigenvalue weighted by Gasteiger charge is -2.08. The van der Waals surface area contributed by atoms with E-state index in [1.807, 2.05) is 0 Å². The molecule has 126 valence electrons. The minimum absolute atomic E-state index is 0.269. The highest BCUT2D eigenvalue weighted by atomic mass is 79.9. The fourth-order valence-corrected chi connectivity index (χ4v) is 2.39. The largest absolute Gasteiger partial charge is 0.466 e. The van der Waals surface area contributed by atoms with Gasteiger partial charge in [0.05, 0.1) is 12.1 Å². The lowest BCUT2D eigenvalue weighted by Crippen LogP contribution is -2.46. The molecule has 2 aromatic rings. The SMILES string of the molecule is Cc1cc(C(=O)NNC(=O)CNC(=O)c2cccc(Br)c2)c(C)o1. The van der Waals surface area contributed by atoms with E-state index < -0.39 is 11.8 Å². The van der Waals surface area contributed by atoms with E-state index >= 15 is 0 Å². The Morgan fingerprint density at radius 2 is 1.83 bits per heavy atom. The van der Waals surface area contributed by atoms with Crippen molar-refractivity contribution in [3.8, 4) is 0 Å². The van der Waals surface area contributed by atoms with E-state index in [4.69, 9.17) is 4.42 Å². The van der Waals surface area contributed by atoms with Crippen LogP contribution in [-0.4, -0.2) is 24.3 Å². The quantitative estimate of drug-likeness (QED) is 0.689. The van der Waals surface area contributed by atoms with Crippen LogP contribution in [0.15, 0.2) is 39.2 Å². The Hall–Kier alpha value is -2.61. The molecule has 2 rings (SSSR count). The molecule has 1 aromatic carbocycles. The van der Waals surface area contributed by atoms with Crippen molar-refractivity contribution in [2.75, 3.05) is 6.54 Å². The summed E-state index contributed by atoms with van der Waals surface area (Å²) in [6, 6.07) is 8.35. The van der Waals surface area contributed by atoms with Crippen molar-refractivity contribution in [2.45, 2.75) is 13.8 Å². The molecule has 0 saturated heterocycles. The average molecular weight is 394 g/mol. The van der Waals surface area contributed by atoms with Gasteiger partial charge in [-0.05, 0) is 38.1 Å². The number of halogens is 1. The van der Waals surface area contributed by atoms with E-state index in [0.29, 0.717) is 22.6 Å². The molecule has 0 aliphatic rings. The molecule has 0 atom stereocenters. The third-order valence-electron chi connectivity index (χ3n) is 3.10. The van der Waals surface area contributed by atoms with E-state index in [2.05, 4.69) is 32.1 Å². The summed E-state index contributed by atoms with van der Waals surface area (Å²) in [7, 11) is 0. The summed E-state index contributed by atoms with van der Waals surface area (Å²) in [5.41, 5.74) is 5.26. The molecule has 0 unspecified atom stereocenters. The standard InChI is InChI=1S/C16H16BrN3O4/c1-9-6-13(10(2)24-9)16(23)20-19-14(21)8-18-15(22)11-4-3-5-12(17)7-11/h3-7H,8H2,1-2H3,(H,18,22)(H,19,21)(H,20,23). The number of benzene rings is 1. The first-order chi connectivity index (χ1) is 11.4. The van der Waals surface area contributed by atoms with Gasteiger partial charge in [-0.25, -0.2) is 0 Å². The number of carbonyl (C=O) groups excluding carboxylic acids is 3. The van der Waals surface area contributed by atoms with Crippen molar-refractivity contribution in [3.63, 3.8) is 0 Å². The van der Waals surface area contributed by atoms with Crippen LogP contribution in [0.3, 0.4) is 0 Å². The number of amides is 3. The van der Waals surface area contributed by atoms with Gasteiger partial charge in [0.25, 0.3) is 17.7 Å². The number of hydrazine groups is 1. The van der Waals surface area contributed by atoms with Crippen molar-refractivity contribution in [1.82, 2.24) is 16.2 Å². The minimum atomic E-state index is -0.551. The monoisotopic (exact) mass is 393 g/mol. The van der Waals surface area contributed by atoms with E-state index in [-0.39, 0.29) is 12.5 Å². The zero-order valence-electron chi connectivity index (χ0n) is 13.1. The topological polar surface area (TPSA) is 100 Å². The fourth-order valence-electron chi connectivity index (χ4n) is 1.99. The van der Waals surface area contributed by atoms with E-state index in [9.17, 15) is 14.4 Å². The van der Waals surface area contributed by atoms with E-state index in [0.717, 1.165) is 4.47 Å². The molecule has 0 radical (unpaired) electrons. The third kappa shape index (κ3) is 4.69. The molecule has 0 saturated carbocycles. The van der Waals surface area contributed by atoms with Gasteiger partial charge >= 0.3 is 0 Å². The van der Waals surface area contributed by atoms with Crippen LogP contribution in [0.4, 0.5) is 0 Å². The van der Waals surface area contributed by atoms with E-state index in [1.54, 1.807) is 44.2 Å². The Balaban J connectivity index is 1.80. The van der Waals surface area contributed by atoms with Crippen LogP contribution >= 0.6 is 15.9 Å². The molecule has 0 fully saturated rings. The molecule has 7 nitrogen and oxygen atoms in total. The van der Waals surface area contributed by atoms with Crippen molar-refractivity contribution in [2.24, 2.45) is 0 Å². The fraction of sp³-hybridized carbons (Fsp3) is 0.188. The van der Waals surface area contributed by atoms with Crippen LogP contribution in [0.1, 0.15) is 32.2 Å². The number of rotatable bonds is 4. The molecule has 0 aliphatic heterocycles. The number of hydrogen-bond donors (Lipinski definition) is 3. The molecule has 8 heteroatoms. The summed E-state index contributed by atoms with van der Waals surface area (Å²) >= 11 is 3.27. The Labute approximate surface area is 146 Å². The molecule has 0 spiro atoms. The maximum atomic E-state index is 11.9. The van der Waals surface area contributed by atoms with Crippen molar-refractivity contribution >= 4 is 33.7 Å². The smallest absolute Gasteiger partial charge is 0.273 e. The first-order valence-electron chi connectivity index (χ1n) is 7.07. The Morgan fingerprint density at radius 3 is 2.46 bits per heavy atom. The summed E-state index contributed by atoms with van der Waals surface area (Å²) in [6.07, 6.45) is 0. The molecule has 0 aliphatic carbocycles. The minimum Gasteiger partial charge on any atom is -0.466 e. The second-order valence-corrected chi connectivity index (χ2v) is 5.94. The molecule has 1 aromatic heterocycles. The summed E-state index contributed by atoms with van der Waals surface area (Å²) in [5.74, 6) is -0.368. The lowest BCUT2D eigenvalue weighted by atomic mass is 10.2.